The highest BCUT2D eigenvalue weighted by molar-refractivity contribution is 8.04. The number of amides is 1. The molecule has 0 saturated heterocycles. The van der Waals surface area contributed by atoms with Crippen LogP contribution in [0.2, 0.25) is 5.15 Å². The lowest BCUT2D eigenvalue weighted by molar-refractivity contribution is -0.120. The highest BCUT2D eigenvalue weighted by Gasteiger charge is 2.38. The lowest BCUT2D eigenvalue weighted by atomic mass is 10.3. The third kappa shape index (κ3) is 2.07. The quantitative estimate of drug-likeness (QED) is 0.706. The molecule has 7 heteroatoms. The van der Waals surface area contributed by atoms with Crippen molar-refractivity contribution >= 4 is 35.0 Å². The van der Waals surface area contributed by atoms with Gasteiger partial charge in [-0.05, 0) is 17.5 Å². The molecule has 1 aromatic heterocycles. The summed E-state index contributed by atoms with van der Waals surface area (Å²) in [5.74, 6) is -0.502. The van der Waals surface area contributed by atoms with Gasteiger partial charge < -0.3 is 16.4 Å². The van der Waals surface area contributed by atoms with Crippen molar-refractivity contribution in [1.82, 2.24) is 10.3 Å². The van der Waals surface area contributed by atoms with Gasteiger partial charge in [0.05, 0.1) is 11.9 Å². The molecule has 1 unspecified atom stereocenters. The van der Waals surface area contributed by atoms with E-state index in [2.05, 4.69) is 15.6 Å². The van der Waals surface area contributed by atoms with Crippen LogP contribution in [-0.2, 0) is 4.79 Å². The zero-order valence-electron chi connectivity index (χ0n) is 8.11. The Labute approximate surface area is 101 Å². The maximum Gasteiger partial charge on any atom is 0.275 e. The van der Waals surface area contributed by atoms with Gasteiger partial charge in [0.1, 0.15) is 5.15 Å². The zero-order chi connectivity index (χ0) is 11.6. The smallest absolute Gasteiger partial charge is 0.275 e. The van der Waals surface area contributed by atoms with E-state index >= 15 is 0 Å². The van der Waals surface area contributed by atoms with Crippen LogP contribution in [0.3, 0.4) is 0 Å². The van der Waals surface area contributed by atoms with E-state index in [9.17, 15) is 4.79 Å². The molecule has 1 aromatic rings. The Morgan fingerprint density at radius 3 is 2.94 bits per heavy atom. The maximum atomic E-state index is 11.4. The number of halogens is 1. The number of carbonyl (C=O) groups is 1. The Kier molecular flexibility index (Phi) is 2.93. The molecule has 0 spiro atoms. The molecule has 0 aromatic carbocycles. The lowest BCUT2D eigenvalue weighted by Crippen LogP contribution is -2.54. The second-order valence-corrected chi connectivity index (χ2v) is 4.61. The largest absolute Gasteiger partial charge is 0.365 e. The predicted molar refractivity (Wildman–Crippen MR) is 64.7 cm³/mol. The molecule has 1 amide bonds. The number of pyridine rings is 1. The van der Waals surface area contributed by atoms with Gasteiger partial charge in [-0.25, -0.2) is 4.98 Å². The number of nitrogens with zero attached hydrogens (tertiary/aromatic N) is 1. The summed E-state index contributed by atoms with van der Waals surface area (Å²) in [6.45, 7) is 0. The minimum atomic E-state index is -1.05. The van der Waals surface area contributed by atoms with Crippen LogP contribution in [0.4, 0.5) is 5.69 Å². The van der Waals surface area contributed by atoms with Crippen LogP contribution < -0.4 is 16.4 Å². The molecule has 2 rings (SSSR count). The predicted octanol–water partition coefficient (Wildman–Crippen LogP) is 1.09. The van der Waals surface area contributed by atoms with Crippen LogP contribution >= 0.6 is 23.4 Å². The minimum Gasteiger partial charge on any atom is -0.365 e. The fraction of sp³-hybridized carbons (Fsp3) is 0.111. The average Bonchev–Trinajstić information content (AvgIpc) is 2.71. The average molecular weight is 257 g/mol. The minimum absolute atomic E-state index is 0.392. The van der Waals surface area contributed by atoms with E-state index in [4.69, 9.17) is 17.3 Å². The maximum absolute atomic E-state index is 11.4. The van der Waals surface area contributed by atoms with Crippen molar-refractivity contribution in [3.63, 3.8) is 0 Å². The van der Waals surface area contributed by atoms with E-state index in [1.165, 1.54) is 18.0 Å². The second kappa shape index (κ2) is 4.23. The van der Waals surface area contributed by atoms with Crippen molar-refractivity contribution < 1.29 is 4.79 Å². The molecule has 0 radical (unpaired) electrons. The Morgan fingerprint density at radius 2 is 2.44 bits per heavy atom. The van der Waals surface area contributed by atoms with Gasteiger partial charge in [0.15, 0.2) is 0 Å². The monoisotopic (exact) mass is 256 g/mol. The first kappa shape index (κ1) is 11.1. The molecule has 0 fully saturated rings. The molecule has 16 heavy (non-hydrogen) atoms. The molecule has 2 heterocycles. The number of primary amides is 1. The zero-order valence-corrected chi connectivity index (χ0v) is 9.68. The summed E-state index contributed by atoms with van der Waals surface area (Å²) in [4.78, 5) is 14.2. The van der Waals surface area contributed by atoms with Crippen LogP contribution in [0.5, 0.6) is 0 Å². The second-order valence-electron chi connectivity index (χ2n) is 3.10. The molecule has 5 nitrogen and oxygen atoms in total. The van der Waals surface area contributed by atoms with Gasteiger partial charge in [0, 0.05) is 6.20 Å². The molecule has 84 valence electrons. The molecule has 4 N–H and O–H groups in total. The van der Waals surface area contributed by atoms with Crippen molar-refractivity contribution in [1.29, 1.82) is 0 Å². The van der Waals surface area contributed by atoms with Crippen LogP contribution in [0, 0.1) is 0 Å². The van der Waals surface area contributed by atoms with Crippen molar-refractivity contribution in [3.8, 4) is 0 Å². The molecule has 1 aliphatic rings. The van der Waals surface area contributed by atoms with Gasteiger partial charge in [0.2, 0.25) is 4.99 Å². The number of nitrogens with one attached hydrogen (secondary N) is 2. The fourth-order valence-corrected chi connectivity index (χ4v) is 2.11. The number of carbonyl (C=O) groups excluding carboxylic acids is 1. The first-order valence-electron chi connectivity index (χ1n) is 4.42. The first-order valence-corrected chi connectivity index (χ1v) is 5.68. The van der Waals surface area contributed by atoms with Crippen molar-refractivity contribution in [2.45, 2.75) is 4.99 Å². The summed E-state index contributed by atoms with van der Waals surface area (Å²) in [6, 6.07) is 3.35. The Morgan fingerprint density at radius 1 is 1.62 bits per heavy atom. The number of hydrogen-bond acceptors (Lipinski definition) is 5. The van der Waals surface area contributed by atoms with Crippen molar-refractivity contribution in [3.05, 3.63) is 35.1 Å². The molecular formula is C9H9ClN4OS. The number of hydrogen-bond donors (Lipinski definition) is 3. The van der Waals surface area contributed by atoms with Gasteiger partial charge in [-0.2, -0.15) is 0 Å². The number of anilines is 1. The Bertz CT molecular complexity index is 426. The molecule has 0 bridgehead atoms. The summed E-state index contributed by atoms with van der Waals surface area (Å²) >= 11 is 6.92. The number of thioether (sulfide) groups is 1. The normalized spacial score (nSPS) is 22.8. The van der Waals surface area contributed by atoms with E-state index in [-0.39, 0.29) is 0 Å². The van der Waals surface area contributed by atoms with Crippen molar-refractivity contribution in [2.24, 2.45) is 5.73 Å². The SMILES string of the molecule is NC(=O)C1(Nc2ccc(Cl)nc2)NC=CS1. The van der Waals surface area contributed by atoms with Crippen LogP contribution in [0.15, 0.2) is 29.9 Å². The van der Waals surface area contributed by atoms with Crippen LogP contribution in [-0.4, -0.2) is 15.9 Å². The third-order valence-electron chi connectivity index (χ3n) is 1.99. The van der Waals surface area contributed by atoms with E-state index in [1.807, 2.05) is 0 Å². The lowest BCUT2D eigenvalue weighted by Gasteiger charge is -2.27. The van der Waals surface area contributed by atoms with E-state index in [1.54, 1.807) is 23.7 Å². The van der Waals surface area contributed by atoms with E-state index in [0.29, 0.717) is 10.8 Å². The molecule has 0 saturated carbocycles. The molecule has 0 aliphatic carbocycles. The van der Waals surface area contributed by atoms with Gasteiger partial charge >= 0.3 is 0 Å². The summed E-state index contributed by atoms with van der Waals surface area (Å²) in [7, 11) is 0. The van der Waals surface area contributed by atoms with Gasteiger partial charge in [-0.1, -0.05) is 23.4 Å². The Balaban J connectivity index is 2.18. The van der Waals surface area contributed by atoms with E-state index < -0.39 is 10.9 Å². The molecule has 1 aliphatic heterocycles. The third-order valence-corrected chi connectivity index (χ3v) is 3.26. The summed E-state index contributed by atoms with van der Waals surface area (Å²) in [5, 5.41) is 7.99. The van der Waals surface area contributed by atoms with Crippen LogP contribution in [0.1, 0.15) is 0 Å². The summed E-state index contributed by atoms with van der Waals surface area (Å²) < 4.78 is 0. The first-order chi connectivity index (χ1) is 7.62. The van der Waals surface area contributed by atoms with E-state index in [0.717, 1.165) is 0 Å². The fourth-order valence-electron chi connectivity index (χ4n) is 1.23. The molecule has 1 atom stereocenters. The topological polar surface area (TPSA) is 80.0 Å². The summed E-state index contributed by atoms with van der Waals surface area (Å²) in [5.41, 5.74) is 6.00. The molecular weight excluding hydrogens is 248 g/mol. The highest BCUT2D eigenvalue weighted by atomic mass is 35.5. The summed E-state index contributed by atoms with van der Waals surface area (Å²) in [6.07, 6.45) is 3.19. The highest BCUT2D eigenvalue weighted by Crippen LogP contribution is 2.29. The number of rotatable bonds is 3. The standard InChI is InChI=1S/C9H9ClN4OS/c10-7-2-1-6(5-12-7)14-9(8(11)15)13-3-4-16-9/h1-5,13-14H,(H2,11,15). The van der Waals surface area contributed by atoms with Crippen LogP contribution in [0.25, 0.3) is 0 Å². The van der Waals surface area contributed by atoms with Gasteiger partial charge in [-0.3, -0.25) is 4.79 Å². The van der Waals surface area contributed by atoms with Gasteiger partial charge in [0.25, 0.3) is 5.91 Å². The number of aromatic nitrogens is 1. The van der Waals surface area contributed by atoms with Gasteiger partial charge in [-0.15, -0.1) is 0 Å². The van der Waals surface area contributed by atoms with Crippen molar-refractivity contribution in [2.75, 3.05) is 5.32 Å². The Hall–Kier alpha value is -1.40. The number of nitrogens with two attached hydrogens (primary N) is 1.